The van der Waals surface area contributed by atoms with E-state index < -0.39 is 5.97 Å². The quantitative estimate of drug-likeness (QED) is 0.679. The summed E-state index contributed by atoms with van der Waals surface area (Å²) in [6, 6.07) is 2.66. The Labute approximate surface area is 104 Å². The summed E-state index contributed by atoms with van der Waals surface area (Å²) in [6.45, 7) is 2.26. The number of urea groups is 1. The second-order valence-corrected chi connectivity index (χ2v) is 3.32. The molecule has 6 nitrogen and oxygen atoms in total. The van der Waals surface area contributed by atoms with Gasteiger partial charge in [0.05, 0.1) is 6.54 Å². The van der Waals surface area contributed by atoms with E-state index in [4.69, 9.17) is 5.11 Å². The van der Waals surface area contributed by atoms with Crippen molar-refractivity contribution in [3.63, 3.8) is 0 Å². The first-order valence-corrected chi connectivity index (χ1v) is 5.23. The van der Waals surface area contributed by atoms with E-state index in [1.165, 1.54) is 12.3 Å². The Balaban J connectivity index is 2.40. The van der Waals surface area contributed by atoms with Gasteiger partial charge in [-0.05, 0) is 18.6 Å². The van der Waals surface area contributed by atoms with Crippen molar-refractivity contribution < 1.29 is 14.7 Å². The van der Waals surface area contributed by atoms with Gasteiger partial charge in [0.2, 0.25) is 0 Å². The number of rotatable bonds is 4. The number of nitrogens with zero attached hydrogens (tertiary/aromatic N) is 1. The molecule has 0 aliphatic rings. The van der Waals surface area contributed by atoms with E-state index >= 15 is 0 Å². The van der Waals surface area contributed by atoms with Gasteiger partial charge in [-0.3, -0.25) is 0 Å². The van der Waals surface area contributed by atoms with Crippen LogP contribution >= 0.6 is 0 Å². The predicted molar refractivity (Wildman–Crippen MR) is 64.9 cm³/mol. The van der Waals surface area contributed by atoms with Crippen LogP contribution in [0, 0.1) is 11.8 Å². The van der Waals surface area contributed by atoms with Crippen molar-refractivity contribution >= 4 is 12.0 Å². The summed E-state index contributed by atoms with van der Waals surface area (Å²) >= 11 is 0. The average molecular weight is 247 g/mol. The Morgan fingerprint density at radius 1 is 1.39 bits per heavy atom. The molecule has 0 aliphatic carbocycles. The fourth-order valence-corrected chi connectivity index (χ4v) is 1.11. The van der Waals surface area contributed by atoms with Crippen LogP contribution in [0.2, 0.25) is 0 Å². The summed E-state index contributed by atoms with van der Waals surface area (Å²) in [6.07, 6.45) is 1.41. The number of pyridine rings is 1. The molecular formula is C12H13N3O3. The van der Waals surface area contributed by atoms with Crippen molar-refractivity contribution in [1.82, 2.24) is 15.6 Å². The average Bonchev–Trinajstić information content (AvgIpc) is 2.37. The number of carbonyl (C=O) groups excluding carboxylic acids is 1. The molecule has 6 heteroatoms. The van der Waals surface area contributed by atoms with Gasteiger partial charge in [-0.25, -0.2) is 14.6 Å². The van der Waals surface area contributed by atoms with Gasteiger partial charge >= 0.3 is 12.0 Å². The Morgan fingerprint density at radius 2 is 2.17 bits per heavy atom. The molecule has 0 unspecified atom stereocenters. The van der Waals surface area contributed by atoms with Crippen LogP contribution in [-0.4, -0.2) is 28.6 Å². The third-order valence-corrected chi connectivity index (χ3v) is 2.01. The molecule has 1 aromatic rings. The highest BCUT2D eigenvalue weighted by atomic mass is 16.4. The number of aromatic carboxylic acids is 1. The molecule has 0 fully saturated rings. The lowest BCUT2D eigenvalue weighted by molar-refractivity contribution is 0.0690. The first-order valence-electron chi connectivity index (χ1n) is 5.23. The standard InChI is InChI=1S/C12H13N3O3/c1-2-3-6-13-12(18)15-8-9-4-5-10(11(16)17)14-7-9/h4-5,7H,6,8H2,1H3,(H,16,17)(H2,13,15,18). The molecule has 1 heterocycles. The molecule has 0 saturated carbocycles. The normalized spacial score (nSPS) is 8.94. The van der Waals surface area contributed by atoms with Crippen LogP contribution in [0.4, 0.5) is 4.79 Å². The van der Waals surface area contributed by atoms with E-state index in [0.29, 0.717) is 6.54 Å². The summed E-state index contributed by atoms with van der Waals surface area (Å²) in [5, 5.41) is 13.8. The molecule has 3 N–H and O–H groups in total. The van der Waals surface area contributed by atoms with E-state index in [1.54, 1.807) is 13.0 Å². The molecule has 1 aromatic heterocycles. The Morgan fingerprint density at radius 3 is 2.72 bits per heavy atom. The van der Waals surface area contributed by atoms with Crippen molar-refractivity contribution in [3.8, 4) is 11.8 Å². The molecule has 0 aliphatic heterocycles. The lowest BCUT2D eigenvalue weighted by Gasteiger charge is -2.05. The van der Waals surface area contributed by atoms with Crippen molar-refractivity contribution in [2.75, 3.05) is 6.54 Å². The minimum absolute atomic E-state index is 0.0265. The number of aromatic nitrogens is 1. The smallest absolute Gasteiger partial charge is 0.354 e. The Hall–Kier alpha value is -2.55. The van der Waals surface area contributed by atoms with Crippen LogP contribution in [0.5, 0.6) is 0 Å². The second kappa shape index (κ2) is 6.91. The van der Waals surface area contributed by atoms with E-state index in [2.05, 4.69) is 27.5 Å². The van der Waals surface area contributed by atoms with E-state index in [1.807, 2.05) is 0 Å². The summed E-state index contributed by atoms with van der Waals surface area (Å²) in [5.74, 6) is 4.27. The molecule has 2 amide bonds. The monoisotopic (exact) mass is 247 g/mol. The van der Waals surface area contributed by atoms with Gasteiger partial charge < -0.3 is 15.7 Å². The zero-order chi connectivity index (χ0) is 13.4. The summed E-state index contributed by atoms with van der Waals surface area (Å²) in [7, 11) is 0. The maximum absolute atomic E-state index is 11.3. The van der Waals surface area contributed by atoms with E-state index in [9.17, 15) is 9.59 Å². The number of nitrogens with one attached hydrogen (secondary N) is 2. The van der Waals surface area contributed by atoms with Crippen LogP contribution < -0.4 is 10.6 Å². The molecule has 94 valence electrons. The van der Waals surface area contributed by atoms with Crippen molar-refractivity contribution in [2.24, 2.45) is 0 Å². The minimum Gasteiger partial charge on any atom is -0.477 e. The summed E-state index contributed by atoms with van der Waals surface area (Å²) in [5.41, 5.74) is 0.693. The van der Waals surface area contributed by atoms with Gasteiger partial charge in [-0.15, -0.1) is 5.92 Å². The van der Waals surface area contributed by atoms with Crippen LogP contribution in [0.15, 0.2) is 18.3 Å². The largest absolute Gasteiger partial charge is 0.477 e. The molecule has 0 spiro atoms. The van der Waals surface area contributed by atoms with Crippen molar-refractivity contribution in [1.29, 1.82) is 0 Å². The predicted octanol–water partition coefficient (Wildman–Crippen LogP) is 0.602. The minimum atomic E-state index is -1.08. The summed E-state index contributed by atoms with van der Waals surface area (Å²) < 4.78 is 0. The molecule has 0 aromatic carbocycles. The fraction of sp³-hybridized carbons (Fsp3) is 0.250. The number of carboxylic acid groups (broad SMARTS) is 1. The highest BCUT2D eigenvalue weighted by molar-refractivity contribution is 5.85. The molecular weight excluding hydrogens is 234 g/mol. The van der Waals surface area contributed by atoms with Crippen molar-refractivity contribution in [2.45, 2.75) is 13.5 Å². The number of amides is 2. The molecule has 0 atom stereocenters. The highest BCUT2D eigenvalue weighted by Gasteiger charge is 2.04. The van der Waals surface area contributed by atoms with Gasteiger partial charge in [-0.1, -0.05) is 12.0 Å². The number of hydrogen-bond acceptors (Lipinski definition) is 3. The van der Waals surface area contributed by atoms with Gasteiger partial charge in [0.1, 0.15) is 5.69 Å². The Bertz CT molecular complexity index is 486. The summed E-state index contributed by atoms with van der Waals surface area (Å²) in [4.78, 5) is 25.6. The first kappa shape index (κ1) is 13.5. The second-order valence-electron chi connectivity index (χ2n) is 3.32. The topological polar surface area (TPSA) is 91.3 Å². The van der Waals surface area contributed by atoms with Gasteiger partial charge in [0.25, 0.3) is 0 Å². The van der Waals surface area contributed by atoms with E-state index in [-0.39, 0.29) is 18.3 Å². The lowest BCUT2D eigenvalue weighted by atomic mass is 10.2. The van der Waals surface area contributed by atoms with Crippen molar-refractivity contribution in [3.05, 3.63) is 29.6 Å². The van der Waals surface area contributed by atoms with Gasteiger partial charge in [0, 0.05) is 12.7 Å². The zero-order valence-corrected chi connectivity index (χ0v) is 9.86. The highest BCUT2D eigenvalue weighted by Crippen LogP contribution is 1.99. The zero-order valence-electron chi connectivity index (χ0n) is 9.86. The van der Waals surface area contributed by atoms with E-state index in [0.717, 1.165) is 5.56 Å². The van der Waals surface area contributed by atoms with Crippen LogP contribution in [-0.2, 0) is 6.54 Å². The van der Waals surface area contributed by atoms with Crippen LogP contribution in [0.3, 0.4) is 0 Å². The van der Waals surface area contributed by atoms with Crippen LogP contribution in [0.1, 0.15) is 23.0 Å². The molecule has 0 radical (unpaired) electrons. The van der Waals surface area contributed by atoms with Gasteiger partial charge in [-0.2, -0.15) is 0 Å². The molecule has 0 bridgehead atoms. The maximum atomic E-state index is 11.3. The third kappa shape index (κ3) is 4.53. The fourth-order valence-electron chi connectivity index (χ4n) is 1.11. The SMILES string of the molecule is CC#CCNC(=O)NCc1ccc(C(=O)O)nc1. The third-order valence-electron chi connectivity index (χ3n) is 2.01. The number of hydrogen-bond donors (Lipinski definition) is 3. The molecule has 1 rings (SSSR count). The number of carboxylic acids is 1. The maximum Gasteiger partial charge on any atom is 0.354 e. The number of carbonyl (C=O) groups is 2. The lowest BCUT2D eigenvalue weighted by Crippen LogP contribution is -2.35. The molecule has 0 saturated heterocycles. The molecule has 18 heavy (non-hydrogen) atoms. The Kier molecular flexibility index (Phi) is 5.19. The van der Waals surface area contributed by atoms with Crippen LogP contribution in [0.25, 0.3) is 0 Å². The van der Waals surface area contributed by atoms with Gasteiger partial charge in [0.15, 0.2) is 0 Å². The first-order chi connectivity index (χ1) is 8.63.